The number of fused-ring (bicyclic) bond motifs is 5. The summed E-state index contributed by atoms with van der Waals surface area (Å²) in [5, 5.41) is 4.87. The van der Waals surface area contributed by atoms with Gasteiger partial charge in [-0.2, -0.15) is 0 Å². The molecule has 0 bridgehead atoms. The van der Waals surface area contributed by atoms with Crippen molar-refractivity contribution in [3.8, 4) is 22.3 Å². The Hall–Kier alpha value is -6.70. The molecule has 0 heterocycles. The van der Waals surface area contributed by atoms with Crippen molar-refractivity contribution in [3.05, 3.63) is 235 Å². The van der Waals surface area contributed by atoms with Crippen molar-refractivity contribution in [2.45, 2.75) is 5.41 Å². The van der Waals surface area contributed by atoms with Crippen LogP contribution in [0.15, 0.2) is 212 Å². The van der Waals surface area contributed by atoms with Crippen LogP contribution >= 0.6 is 0 Å². The van der Waals surface area contributed by atoms with Crippen LogP contribution in [0.5, 0.6) is 0 Å². The molecule has 10 rings (SSSR count). The number of hydrogen-bond donors (Lipinski definition) is 0. The summed E-state index contributed by atoms with van der Waals surface area (Å²) in [6, 6.07) is 77.9. The second-order valence-electron chi connectivity index (χ2n) is 13.6. The highest BCUT2D eigenvalue weighted by Gasteiger charge is 2.47. The summed E-state index contributed by atoms with van der Waals surface area (Å²) in [6.07, 6.45) is 0. The summed E-state index contributed by atoms with van der Waals surface area (Å²) in [5.74, 6) is 0. The molecule has 0 saturated heterocycles. The monoisotopic (exact) mass is 661 g/mol. The van der Waals surface area contributed by atoms with E-state index in [1.54, 1.807) is 0 Å². The van der Waals surface area contributed by atoms with Gasteiger partial charge in [-0.15, -0.1) is 0 Å². The molecule has 0 radical (unpaired) electrons. The molecule has 0 unspecified atom stereocenters. The van der Waals surface area contributed by atoms with Gasteiger partial charge in [0, 0.05) is 16.5 Å². The van der Waals surface area contributed by atoms with E-state index in [2.05, 4.69) is 217 Å². The van der Waals surface area contributed by atoms with Crippen molar-refractivity contribution in [2.24, 2.45) is 0 Å². The number of benzene rings is 9. The minimum Gasteiger partial charge on any atom is -0.309 e. The van der Waals surface area contributed by atoms with Crippen molar-refractivity contribution in [2.75, 3.05) is 4.90 Å². The van der Waals surface area contributed by atoms with Crippen LogP contribution in [0.1, 0.15) is 22.3 Å². The van der Waals surface area contributed by atoms with Gasteiger partial charge >= 0.3 is 0 Å². The van der Waals surface area contributed by atoms with Crippen LogP contribution in [-0.2, 0) is 5.41 Å². The van der Waals surface area contributed by atoms with E-state index in [0.717, 1.165) is 17.1 Å². The molecule has 0 atom stereocenters. The fraction of sp³-hybridized carbons (Fsp3) is 0.0196. The molecule has 9 aromatic carbocycles. The molecule has 1 aliphatic rings. The summed E-state index contributed by atoms with van der Waals surface area (Å²) in [4.78, 5) is 2.54. The summed E-state index contributed by atoms with van der Waals surface area (Å²) in [7, 11) is 0. The maximum absolute atomic E-state index is 2.54. The van der Waals surface area contributed by atoms with Gasteiger partial charge in [0.2, 0.25) is 0 Å². The van der Waals surface area contributed by atoms with Crippen molar-refractivity contribution in [1.29, 1.82) is 0 Å². The smallest absolute Gasteiger partial charge is 0.0714 e. The predicted octanol–water partition coefficient (Wildman–Crippen LogP) is 13.5. The maximum atomic E-state index is 2.54. The molecule has 52 heavy (non-hydrogen) atoms. The zero-order chi connectivity index (χ0) is 34.5. The Kier molecular flexibility index (Phi) is 7.11. The van der Waals surface area contributed by atoms with Crippen molar-refractivity contribution in [3.63, 3.8) is 0 Å². The Bertz CT molecular complexity index is 2690. The summed E-state index contributed by atoms with van der Waals surface area (Å²) in [6.45, 7) is 0. The molecule has 0 fully saturated rings. The van der Waals surface area contributed by atoms with E-state index >= 15 is 0 Å². The first-order valence-corrected chi connectivity index (χ1v) is 18.0. The van der Waals surface area contributed by atoms with Crippen LogP contribution < -0.4 is 4.90 Å². The molecule has 0 N–H and O–H groups in total. The zero-order valence-electron chi connectivity index (χ0n) is 28.7. The molecule has 1 aliphatic carbocycles. The lowest BCUT2D eigenvalue weighted by molar-refractivity contribution is 0.768. The Labute approximate surface area is 304 Å². The van der Waals surface area contributed by atoms with E-state index in [1.165, 1.54) is 66.1 Å². The largest absolute Gasteiger partial charge is 0.309 e. The number of anilines is 3. The van der Waals surface area contributed by atoms with E-state index in [4.69, 9.17) is 0 Å². The highest BCUT2D eigenvalue weighted by Crippen LogP contribution is 2.60. The number of hydrogen-bond acceptors (Lipinski definition) is 1. The minimum atomic E-state index is -0.499. The lowest BCUT2D eigenvalue weighted by Gasteiger charge is -2.35. The molecule has 0 spiro atoms. The molecule has 9 aromatic rings. The highest BCUT2D eigenvalue weighted by atomic mass is 15.1. The molecular formula is C51H35N. The molecule has 0 aliphatic heterocycles. The van der Waals surface area contributed by atoms with Crippen LogP contribution in [0.2, 0.25) is 0 Å². The van der Waals surface area contributed by atoms with Crippen LogP contribution in [0.25, 0.3) is 43.8 Å². The normalized spacial score (nSPS) is 12.8. The second kappa shape index (κ2) is 12.3. The third-order valence-corrected chi connectivity index (χ3v) is 10.9. The van der Waals surface area contributed by atoms with E-state index in [1.807, 2.05) is 0 Å². The van der Waals surface area contributed by atoms with E-state index < -0.39 is 5.41 Å². The van der Waals surface area contributed by atoms with Gasteiger partial charge in [-0.1, -0.05) is 194 Å². The van der Waals surface area contributed by atoms with Crippen LogP contribution in [0, 0.1) is 0 Å². The molecule has 1 heteroatoms. The fourth-order valence-corrected chi connectivity index (χ4v) is 8.81. The Morgan fingerprint density at radius 2 is 0.808 bits per heavy atom. The second-order valence-corrected chi connectivity index (χ2v) is 13.6. The molecular weight excluding hydrogens is 627 g/mol. The minimum absolute atomic E-state index is 0.499. The molecule has 0 amide bonds. The van der Waals surface area contributed by atoms with Gasteiger partial charge in [-0.25, -0.2) is 0 Å². The number of rotatable bonds is 6. The average Bonchev–Trinajstić information content (AvgIpc) is 3.53. The van der Waals surface area contributed by atoms with Crippen LogP contribution in [0.3, 0.4) is 0 Å². The average molecular weight is 662 g/mol. The first kappa shape index (κ1) is 30.2. The summed E-state index contributed by atoms with van der Waals surface area (Å²) < 4.78 is 0. The van der Waals surface area contributed by atoms with Gasteiger partial charge in [0.15, 0.2) is 0 Å². The van der Waals surface area contributed by atoms with Gasteiger partial charge in [-0.3, -0.25) is 0 Å². The topological polar surface area (TPSA) is 3.24 Å². The molecule has 1 nitrogen and oxygen atoms in total. The van der Waals surface area contributed by atoms with Gasteiger partial charge in [-0.05, 0) is 67.7 Å². The fourth-order valence-electron chi connectivity index (χ4n) is 8.81. The van der Waals surface area contributed by atoms with Crippen molar-refractivity contribution in [1.82, 2.24) is 0 Å². The van der Waals surface area contributed by atoms with Crippen molar-refractivity contribution < 1.29 is 0 Å². The Morgan fingerprint density at radius 3 is 1.54 bits per heavy atom. The van der Waals surface area contributed by atoms with Crippen molar-refractivity contribution >= 4 is 38.6 Å². The third-order valence-electron chi connectivity index (χ3n) is 10.9. The molecule has 0 aromatic heterocycles. The highest BCUT2D eigenvalue weighted by molar-refractivity contribution is 6.10. The first-order chi connectivity index (χ1) is 25.8. The van der Waals surface area contributed by atoms with Gasteiger partial charge in [0.05, 0.1) is 22.5 Å². The Morgan fingerprint density at radius 1 is 0.308 bits per heavy atom. The van der Waals surface area contributed by atoms with E-state index in [9.17, 15) is 0 Å². The van der Waals surface area contributed by atoms with Crippen LogP contribution in [-0.4, -0.2) is 0 Å². The summed E-state index contributed by atoms with van der Waals surface area (Å²) >= 11 is 0. The maximum Gasteiger partial charge on any atom is 0.0714 e. The Balaban J connectivity index is 1.37. The van der Waals surface area contributed by atoms with E-state index in [0.29, 0.717) is 0 Å². The van der Waals surface area contributed by atoms with Gasteiger partial charge < -0.3 is 4.90 Å². The third kappa shape index (κ3) is 4.49. The lowest BCUT2D eigenvalue weighted by atomic mass is 9.68. The predicted molar refractivity (Wildman–Crippen MR) is 219 cm³/mol. The quantitative estimate of drug-likeness (QED) is 0.171. The lowest BCUT2D eigenvalue weighted by Crippen LogP contribution is -2.28. The summed E-state index contributed by atoms with van der Waals surface area (Å²) in [5.41, 5.74) is 13.0. The zero-order valence-corrected chi connectivity index (χ0v) is 28.7. The molecule has 244 valence electrons. The SMILES string of the molecule is c1ccc(-c2c(N(c3cccc4c3-c3ccccc3C4(c3ccccc3)c3ccccc3)c3cccc4ccccc34)ccc3ccccc23)cc1. The van der Waals surface area contributed by atoms with Gasteiger partial charge in [0.25, 0.3) is 0 Å². The van der Waals surface area contributed by atoms with E-state index in [-0.39, 0.29) is 0 Å². The van der Waals surface area contributed by atoms with Crippen LogP contribution in [0.4, 0.5) is 17.1 Å². The number of nitrogens with zero attached hydrogens (tertiary/aromatic N) is 1. The molecule has 0 saturated carbocycles. The van der Waals surface area contributed by atoms with Gasteiger partial charge in [0.1, 0.15) is 0 Å². The first-order valence-electron chi connectivity index (χ1n) is 18.0. The standard InChI is InChI=1S/C51H35N/c1-4-20-38(21-5-1)49-42-28-13-11-19-37(42)34-35-48(49)52(46-32-16-22-36-18-10-12-27-41(36)46)47-33-17-31-45-50(47)43-29-14-15-30-44(43)51(45,39-23-6-2-7-24-39)40-25-8-3-9-26-40/h1-35H.